The van der Waals surface area contributed by atoms with Crippen LogP contribution in [0.5, 0.6) is 0 Å². The highest BCUT2D eigenvalue weighted by Crippen LogP contribution is 2.18. The molecule has 2 unspecified atom stereocenters. The second kappa shape index (κ2) is 7.07. The Bertz CT molecular complexity index is 265. The number of aliphatic hydroxyl groups excluding tert-OH is 1. The average Bonchev–Trinajstić information content (AvgIpc) is 2.61. The number of carbonyl (C=O) groups is 1. The molecular weight excluding hydrogens is 230 g/mol. The van der Waals surface area contributed by atoms with Crippen molar-refractivity contribution in [2.75, 3.05) is 32.7 Å². The van der Waals surface area contributed by atoms with Crippen LogP contribution in [0.3, 0.4) is 0 Å². The third-order valence-corrected chi connectivity index (χ3v) is 3.88. The molecule has 5 heteroatoms. The summed E-state index contributed by atoms with van der Waals surface area (Å²) >= 11 is 0. The SMILES string of the molecule is O=C(CN1CCCNCC1)NC1CCCCC1O. The zero-order valence-corrected chi connectivity index (χ0v) is 11.0. The van der Waals surface area contributed by atoms with Crippen molar-refractivity contribution in [3.8, 4) is 0 Å². The molecule has 2 atom stereocenters. The zero-order valence-electron chi connectivity index (χ0n) is 11.0. The largest absolute Gasteiger partial charge is 0.391 e. The number of carbonyl (C=O) groups excluding carboxylic acids is 1. The van der Waals surface area contributed by atoms with Gasteiger partial charge in [-0.3, -0.25) is 9.69 Å². The van der Waals surface area contributed by atoms with Gasteiger partial charge in [0.1, 0.15) is 0 Å². The van der Waals surface area contributed by atoms with Crippen LogP contribution in [0.25, 0.3) is 0 Å². The Morgan fingerprint density at radius 2 is 2.06 bits per heavy atom. The van der Waals surface area contributed by atoms with Crippen LogP contribution in [-0.2, 0) is 4.79 Å². The van der Waals surface area contributed by atoms with Crippen LogP contribution in [-0.4, -0.2) is 60.8 Å². The van der Waals surface area contributed by atoms with E-state index >= 15 is 0 Å². The molecule has 3 N–H and O–H groups in total. The minimum atomic E-state index is -0.353. The quantitative estimate of drug-likeness (QED) is 0.648. The van der Waals surface area contributed by atoms with E-state index < -0.39 is 0 Å². The first-order chi connectivity index (χ1) is 8.75. The Morgan fingerprint density at radius 3 is 2.89 bits per heavy atom. The molecule has 0 aromatic rings. The molecule has 1 amide bonds. The first kappa shape index (κ1) is 13.8. The van der Waals surface area contributed by atoms with E-state index in [0.29, 0.717) is 6.54 Å². The van der Waals surface area contributed by atoms with Gasteiger partial charge in [0.25, 0.3) is 0 Å². The van der Waals surface area contributed by atoms with Gasteiger partial charge in [0.15, 0.2) is 0 Å². The number of hydrogen-bond donors (Lipinski definition) is 3. The van der Waals surface area contributed by atoms with Crippen molar-refractivity contribution >= 4 is 5.91 Å². The minimum Gasteiger partial charge on any atom is -0.391 e. The average molecular weight is 255 g/mol. The van der Waals surface area contributed by atoms with Crippen molar-refractivity contribution in [3.05, 3.63) is 0 Å². The van der Waals surface area contributed by atoms with E-state index in [2.05, 4.69) is 15.5 Å². The van der Waals surface area contributed by atoms with Crippen LogP contribution in [0.15, 0.2) is 0 Å². The van der Waals surface area contributed by atoms with E-state index in [1.165, 1.54) is 0 Å². The summed E-state index contributed by atoms with van der Waals surface area (Å²) < 4.78 is 0. The molecule has 1 saturated heterocycles. The molecule has 1 aliphatic heterocycles. The lowest BCUT2D eigenvalue weighted by Crippen LogP contribution is -2.48. The predicted octanol–water partition coefficient (Wildman–Crippen LogP) is -0.299. The van der Waals surface area contributed by atoms with Crippen molar-refractivity contribution in [3.63, 3.8) is 0 Å². The number of rotatable bonds is 3. The van der Waals surface area contributed by atoms with Gasteiger partial charge in [-0.25, -0.2) is 0 Å². The van der Waals surface area contributed by atoms with E-state index in [1.807, 2.05) is 0 Å². The summed E-state index contributed by atoms with van der Waals surface area (Å²) in [6.07, 6.45) is 4.65. The first-order valence-corrected chi connectivity index (χ1v) is 7.16. The Balaban J connectivity index is 1.73. The molecule has 1 heterocycles. The van der Waals surface area contributed by atoms with Gasteiger partial charge in [-0.05, 0) is 32.4 Å². The number of nitrogens with one attached hydrogen (secondary N) is 2. The molecule has 0 radical (unpaired) electrons. The number of aliphatic hydroxyl groups is 1. The third-order valence-electron chi connectivity index (χ3n) is 3.88. The highest BCUT2D eigenvalue weighted by molar-refractivity contribution is 5.78. The van der Waals surface area contributed by atoms with E-state index in [0.717, 1.165) is 58.3 Å². The zero-order chi connectivity index (χ0) is 12.8. The maximum atomic E-state index is 12.0. The molecule has 5 nitrogen and oxygen atoms in total. The lowest BCUT2D eigenvalue weighted by molar-refractivity contribution is -0.124. The molecule has 0 bridgehead atoms. The molecule has 0 aromatic heterocycles. The summed E-state index contributed by atoms with van der Waals surface area (Å²) in [5, 5.41) is 16.1. The van der Waals surface area contributed by atoms with Crippen molar-refractivity contribution in [2.45, 2.75) is 44.2 Å². The molecule has 0 spiro atoms. The summed E-state index contributed by atoms with van der Waals surface area (Å²) in [5.74, 6) is 0.0582. The molecule has 1 saturated carbocycles. The van der Waals surface area contributed by atoms with Crippen molar-refractivity contribution in [1.29, 1.82) is 0 Å². The predicted molar refractivity (Wildman–Crippen MR) is 70.3 cm³/mol. The topological polar surface area (TPSA) is 64.6 Å². The summed E-state index contributed by atoms with van der Waals surface area (Å²) in [7, 11) is 0. The lowest BCUT2D eigenvalue weighted by atomic mass is 9.92. The number of nitrogens with zero attached hydrogens (tertiary/aromatic N) is 1. The highest BCUT2D eigenvalue weighted by atomic mass is 16.3. The van der Waals surface area contributed by atoms with E-state index in [4.69, 9.17) is 0 Å². The molecule has 18 heavy (non-hydrogen) atoms. The van der Waals surface area contributed by atoms with Gasteiger partial charge in [0, 0.05) is 13.1 Å². The highest BCUT2D eigenvalue weighted by Gasteiger charge is 2.25. The van der Waals surface area contributed by atoms with E-state index in [1.54, 1.807) is 0 Å². The molecule has 1 aliphatic carbocycles. The fourth-order valence-corrected chi connectivity index (χ4v) is 2.79. The number of hydrogen-bond acceptors (Lipinski definition) is 4. The summed E-state index contributed by atoms with van der Waals surface area (Å²) in [6.45, 7) is 4.37. The molecule has 2 aliphatic rings. The first-order valence-electron chi connectivity index (χ1n) is 7.16. The van der Waals surface area contributed by atoms with E-state index in [9.17, 15) is 9.90 Å². The van der Waals surface area contributed by atoms with Gasteiger partial charge < -0.3 is 15.7 Å². The maximum Gasteiger partial charge on any atom is 0.234 e. The monoisotopic (exact) mass is 255 g/mol. The third kappa shape index (κ3) is 4.23. The fourth-order valence-electron chi connectivity index (χ4n) is 2.79. The van der Waals surface area contributed by atoms with Gasteiger partial charge in [0.05, 0.1) is 18.7 Å². The second-order valence-corrected chi connectivity index (χ2v) is 5.41. The van der Waals surface area contributed by atoms with Gasteiger partial charge in [-0.2, -0.15) is 0 Å². The van der Waals surface area contributed by atoms with Gasteiger partial charge in [-0.15, -0.1) is 0 Å². The van der Waals surface area contributed by atoms with Crippen molar-refractivity contribution in [1.82, 2.24) is 15.5 Å². The van der Waals surface area contributed by atoms with E-state index in [-0.39, 0.29) is 18.1 Å². The molecular formula is C13H25N3O2. The summed E-state index contributed by atoms with van der Waals surface area (Å²) in [4.78, 5) is 14.1. The molecule has 2 rings (SSSR count). The number of amides is 1. The van der Waals surface area contributed by atoms with Crippen LogP contribution in [0, 0.1) is 0 Å². The van der Waals surface area contributed by atoms with Crippen molar-refractivity contribution in [2.24, 2.45) is 0 Å². The Kier molecular flexibility index (Phi) is 5.41. The Hall–Kier alpha value is -0.650. The van der Waals surface area contributed by atoms with Crippen molar-refractivity contribution < 1.29 is 9.90 Å². The molecule has 104 valence electrons. The maximum absolute atomic E-state index is 12.0. The smallest absolute Gasteiger partial charge is 0.234 e. The van der Waals surface area contributed by atoms with Gasteiger partial charge in [0.2, 0.25) is 5.91 Å². The minimum absolute atomic E-state index is 0.0312. The second-order valence-electron chi connectivity index (χ2n) is 5.41. The fraction of sp³-hybridized carbons (Fsp3) is 0.923. The van der Waals surface area contributed by atoms with Gasteiger partial charge in [-0.1, -0.05) is 12.8 Å². The molecule has 2 fully saturated rings. The van der Waals surface area contributed by atoms with Crippen LogP contribution >= 0.6 is 0 Å². The van der Waals surface area contributed by atoms with Crippen LogP contribution in [0.1, 0.15) is 32.1 Å². The van der Waals surface area contributed by atoms with Crippen LogP contribution < -0.4 is 10.6 Å². The standard InChI is InChI=1S/C13H25N3O2/c17-12-5-2-1-4-11(12)15-13(18)10-16-8-3-6-14-7-9-16/h11-12,14,17H,1-10H2,(H,15,18). The molecule has 0 aromatic carbocycles. The Labute approximate surface area is 109 Å². The Morgan fingerprint density at radius 1 is 1.22 bits per heavy atom. The normalized spacial score (nSPS) is 30.7. The summed E-state index contributed by atoms with van der Waals surface area (Å²) in [6, 6.07) is -0.0312. The lowest BCUT2D eigenvalue weighted by Gasteiger charge is -2.29. The van der Waals surface area contributed by atoms with Gasteiger partial charge >= 0.3 is 0 Å². The van der Waals surface area contributed by atoms with Crippen LogP contribution in [0.2, 0.25) is 0 Å². The van der Waals surface area contributed by atoms with Crippen LogP contribution in [0.4, 0.5) is 0 Å². The summed E-state index contributed by atoms with van der Waals surface area (Å²) in [5.41, 5.74) is 0.